The minimum absolute atomic E-state index is 0.110. The Morgan fingerprint density at radius 2 is 2.25 bits per heavy atom. The molecule has 0 bridgehead atoms. The quantitative estimate of drug-likeness (QED) is 0.738. The third-order valence-electron chi connectivity index (χ3n) is 1.57. The topological polar surface area (TPSA) is 55.5 Å². The third-order valence-corrected chi connectivity index (χ3v) is 1.87. The first-order chi connectivity index (χ1) is 5.69. The van der Waals surface area contributed by atoms with Gasteiger partial charge in [0, 0.05) is 18.2 Å². The number of phenolic OH excluding ortho intramolecular Hbond substituents is 1. The van der Waals surface area contributed by atoms with Gasteiger partial charge in [0.05, 0.1) is 12.1 Å². The monoisotopic (exact) mass is 187 g/mol. The van der Waals surface area contributed by atoms with Crippen molar-refractivity contribution in [2.45, 2.75) is 6.54 Å². The zero-order valence-electron chi connectivity index (χ0n) is 6.67. The number of nitrogens with two attached hydrogens (primary N) is 1. The summed E-state index contributed by atoms with van der Waals surface area (Å²) < 4.78 is 4.89. The molecule has 1 rings (SSSR count). The van der Waals surface area contributed by atoms with Gasteiger partial charge in [-0.1, -0.05) is 11.6 Å². The van der Waals surface area contributed by atoms with Crippen LogP contribution in [0.2, 0.25) is 5.02 Å². The number of benzene rings is 1. The van der Waals surface area contributed by atoms with E-state index >= 15 is 0 Å². The minimum atomic E-state index is 0.110. The van der Waals surface area contributed by atoms with Gasteiger partial charge in [0.25, 0.3) is 0 Å². The minimum Gasteiger partial charge on any atom is -0.507 e. The van der Waals surface area contributed by atoms with Crippen LogP contribution in [0.15, 0.2) is 12.1 Å². The summed E-state index contributed by atoms with van der Waals surface area (Å²) in [5, 5.41) is 9.78. The molecule has 0 saturated heterocycles. The van der Waals surface area contributed by atoms with Crippen molar-refractivity contribution in [1.29, 1.82) is 0 Å². The van der Waals surface area contributed by atoms with E-state index in [1.807, 2.05) is 0 Å². The summed E-state index contributed by atoms with van der Waals surface area (Å²) in [7, 11) is 1.49. The summed E-state index contributed by atoms with van der Waals surface area (Å²) in [5.41, 5.74) is 5.96. The maximum atomic E-state index is 9.33. The average Bonchev–Trinajstić information content (AvgIpc) is 2.08. The summed E-state index contributed by atoms with van der Waals surface area (Å²) in [6.45, 7) is 0.259. The lowest BCUT2D eigenvalue weighted by Gasteiger charge is -2.06. The Balaban J connectivity index is 3.16. The molecule has 12 heavy (non-hydrogen) atoms. The highest BCUT2D eigenvalue weighted by atomic mass is 35.5. The summed E-state index contributed by atoms with van der Waals surface area (Å²) >= 11 is 5.79. The molecule has 0 aliphatic carbocycles. The van der Waals surface area contributed by atoms with Gasteiger partial charge in [0.2, 0.25) is 0 Å². The number of aromatic hydroxyl groups is 1. The molecule has 0 saturated carbocycles. The van der Waals surface area contributed by atoms with Crippen LogP contribution in [0.3, 0.4) is 0 Å². The van der Waals surface area contributed by atoms with Gasteiger partial charge in [0.1, 0.15) is 11.5 Å². The molecular formula is C8H10ClNO2. The Morgan fingerprint density at radius 1 is 1.58 bits per heavy atom. The normalized spacial score (nSPS) is 9.92. The van der Waals surface area contributed by atoms with E-state index in [0.717, 1.165) is 0 Å². The molecule has 0 fully saturated rings. The van der Waals surface area contributed by atoms with E-state index in [1.165, 1.54) is 13.2 Å². The molecular weight excluding hydrogens is 178 g/mol. The molecule has 3 nitrogen and oxygen atoms in total. The van der Waals surface area contributed by atoms with Crippen LogP contribution >= 0.6 is 11.6 Å². The molecule has 0 unspecified atom stereocenters. The fourth-order valence-electron chi connectivity index (χ4n) is 0.904. The molecule has 0 heterocycles. The van der Waals surface area contributed by atoms with Crippen molar-refractivity contribution < 1.29 is 9.84 Å². The van der Waals surface area contributed by atoms with Crippen molar-refractivity contribution in [3.8, 4) is 11.5 Å². The van der Waals surface area contributed by atoms with Crippen molar-refractivity contribution in [1.82, 2.24) is 0 Å². The highest BCUT2D eigenvalue weighted by Gasteiger charge is 2.06. The van der Waals surface area contributed by atoms with Crippen molar-refractivity contribution in [2.24, 2.45) is 5.73 Å². The van der Waals surface area contributed by atoms with Gasteiger partial charge in [-0.2, -0.15) is 0 Å². The number of ether oxygens (including phenoxy) is 1. The lowest BCUT2D eigenvalue weighted by Crippen LogP contribution is -1.97. The second-order valence-corrected chi connectivity index (χ2v) is 2.73. The van der Waals surface area contributed by atoms with E-state index in [1.54, 1.807) is 6.07 Å². The predicted octanol–water partition coefficient (Wildman–Crippen LogP) is 1.51. The molecule has 0 aromatic heterocycles. The molecule has 1 aromatic carbocycles. The standard InChI is InChI=1S/C8H10ClNO2/c1-12-8-3-7(11)5(4-10)2-6(8)9/h2-3,11H,4,10H2,1H3. The van der Waals surface area contributed by atoms with Crippen molar-refractivity contribution in [3.63, 3.8) is 0 Å². The molecule has 0 atom stereocenters. The van der Waals surface area contributed by atoms with Crippen LogP contribution in [-0.2, 0) is 6.54 Å². The van der Waals surface area contributed by atoms with Crippen LogP contribution in [0, 0.1) is 0 Å². The average molecular weight is 188 g/mol. The Hall–Kier alpha value is -0.930. The predicted molar refractivity (Wildman–Crippen MR) is 47.6 cm³/mol. The molecule has 0 spiro atoms. The van der Waals surface area contributed by atoms with Gasteiger partial charge in [-0.05, 0) is 6.07 Å². The second kappa shape index (κ2) is 3.65. The highest BCUT2D eigenvalue weighted by Crippen LogP contribution is 2.31. The van der Waals surface area contributed by atoms with Crippen LogP contribution in [0.4, 0.5) is 0 Å². The maximum absolute atomic E-state index is 9.33. The summed E-state index contributed by atoms with van der Waals surface area (Å²) in [6, 6.07) is 3.04. The Kier molecular flexibility index (Phi) is 2.78. The van der Waals surface area contributed by atoms with E-state index in [-0.39, 0.29) is 12.3 Å². The van der Waals surface area contributed by atoms with Crippen LogP contribution in [0.5, 0.6) is 11.5 Å². The molecule has 0 aliphatic rings. The maximum Gasteiger partial charge on any atom is 0.141 e. The zero-order chi connectivity index (χ0) is 9.14. The molecule has 3 N–H and O–H groups in total. The fourth-order valence-corrected chi connectivity index (χ4v) is 1.17. The molecule has 1 aromatic rings. The molecule has 4 heteroatoms. The second-order valence-electron chi connectivity index (χ2n) is 2.32. The smallest absolute Gasteiger partial charge is 0.141 e. The molecule has 0 radical (unpaired) electrons. The largest absolute Gasteiger partial charge is 0.507 e. The lowest BCUT2D eigenvalue weighted by molar-refractivity contribution is 0.406. The van der Waals surface area contributed by atoms with Gasteiger partial charge in [-0.25, -0.2) is 0 Å². The summed E-state index contributed by atoms with van der Waals surface area (Å²) in [6.07, 6.45) is 0. The van der Waals surface area contributed by atoms with Crippen LogP contribution in [0.1, 0.15) is 5.56 Å². The number of methoxy groups -OCH3 is 1. The summed E-state index contributed by atoms with van der Waals surface area (Å²) in [4.78, 5) is 0. The molecule has 66 valence electrons. The van der Waals surface area contributed by atoms with Crippen molar-refractivity contribution >= 4 is 11.6 Å². The third kappa shape index (κ3) is 1.62. The van der Waals surface area contributed by atoms with Crippen LogP contribution in [-0.4, -0.2) is 12.2 Å². The van der Waals surface area contributed by atoms with E-state index in [2.05, 4.69) is 0 Å². The Morgan fingerprint density at radius 3 is 2.75 bits per heavy atom. The number of rotatable bonds is 2. The van der Waals surface area contributed by atoms with E-state index in [4.69, 9.17) is 22.1 Å². The lowest BCUT2D eigenvalue weighted by atomic mass is 10.2. The SMILES string of the molecule is COc1cc(O)c(CN)cc1Cl. The van der Waals surface area contributed by atoms with Gasteiger partial charge < -0.3 is 15.6 Å². The summed E-state index contributed by atoms with van der Waals surface area (Å²) in [5.74, 6) is 0.560. The van der Waals surface area contributed by atoms with Crippen LogP contribution in [0.25, 0.3) is 0 Å². The van der Waals surface area contributed by atoms with Crippen molar-refractivity contribution in [2.75, 3.05) is 7.11 Å². The number of hydrogen-bond acceptors (Lipinski definition) is 3. The first-order valence-corrected chi connectivity index (χ1v) is 3.82. The first-order valence-electron chi connectivity index (χ1n) is 3.44. The van der Waals surface area contributed by atoms with E-state index in [0.29, 0.717) is 16.3 Å². The Labute approximate surface area is 75.7 Å². The van der Waals surface area contributed by atoms with Crippen molar-refractivity contribution in [3.05, 3.63) is 22.7 Å². The highest BCUT2D eigenvalue weighted by molar-refractivity contribution is 6.32. The van der Waals surface area contributed by atoms with Gasteiger partial charge >= 0.3 is 0 Å². The van der Waals surface area contributed by atoms with Gasteiger partial charge in [-0.15, -0.1) is 0 Å². The molecule has 0 aliphatic heterocycles. The Bertz CT molecular complexity index is 259. The first kappa shape index (κ1) is 9.16. The zero-order valence-corrected chi connectivity index (χ0v) is 7.43. The van der Waals surface area contributed by atoms with E-state index < -0.39 is 0 Å². The van der Waals surface area contributed by atoms with E-state index in [9.17, 15) is 5.11 Å². The van der Waals surface area contributed by atoms with Gasteiger partial charge in [0.15, 0.2) is 0 Å². The molecule has 0 amide bonds. The number of halogens is 1. The van der Waals surface area contributed by atoms with Gasteiger partial charge in [-0.3, -0.25) is 0 Å². The van der Waals surface area contributed by atoms with Crippen LogP contribution < -0.4 is 10.5 Å². The fraction of sp³-hybridized carbons (Fsp3) is 0.250. The number of phenols is 1. The number of hydrogen-bond donors (Lipinski definition) is 2.